The molecule has 0 saturated carbocycles. The summed E-state index contributed by atoms with van der Waals surface area (Å²) in [5.74, 6) is 0.964. The van der Waals surface area contributed by atoms with Crippen LogP contribution >= 0.6 is 11.6 Å². The molecule has 20 heavy (non-hydrogen) atoms. The van der Waals surface area contributed by atoms with Crippen molar-refractivity contribution in [3.8, 4) is 5.75 Å². The molecular weight excluding hydrogens is 272 g/mol. The van der Waals surface area contributed by atoms with E-state index in [2.05, 4.69) is 11.0 Å². The smallest absolute Gasteiger partial charge is 0.124 e. The fourth-order valence-corrected chi connectivity index (χ4v) is 2.70. The van der Waals surface area contributed by atoms with E-state index in [-0.39, 0.29) is 0 Å². The molecule has 1 heterocycles. The van der Waals surface area contributed by atoms with Gasteiger partial charge in [-0.25, -0.2) is 0 Å². The quantitative estimate of drug-likeness (QED) is 0.922. The first-order valence-corrected chi connectivity index (χ1v) is 7.10. The van der Waals surface area contributed by atoms with Gasteiger partial charge in [0.15, 0.2) is 0 Å². The van der Waals surface area contributed by atoms with Gasteiger partial charge in [0, 0.05) is 29.4 Å². The van der Waals surface area contributed by atoms with Crippen LogP contribution in [0.2, 0.25) is 5.02 Å². The summed E-state index contributed by atoms with van der Waals surface area (Å²) in [4.78, 5) is 2.28. The summed E-state index contributed by atoms with van der Waals surface area (Å²) in [6, 6.07) is 14.0. The molecule has 3 nitrogen and oxygen atoms in total. The van der Waals surface area contributed by atoms with Crippen LogP contribution in [-0.2, 0) is 13.1 Å². The topological polar surface area (TPSA) is 38.5 Å². The number of hydrogen-bond acceptors (Lipinski definition) is 3. The van der Waals surface area contributed by atoms with Crippen LogP contribution in [0.5, 0.6) is 5.75 Å². The van der Waals surface area contributed by atoms with E-state index < -0.39 is 0 Å². The molecule has 104 valence electrons. The van der Waals surface area contributed by atoms with Crippen LogP contribution in [0.15, 0.2) is 42.5 Å². The zero-order chi connectivity index (χ0) is 13.9. The average Bonchev–Trinajstić information content (AvgIpc) is 2.69. The fourth-order valence-electron chi connectivity index (χ4n) is 2.54. The highest BCUT2D eigenvalue weighted by molar-refractivity contribution is 6.30. The van der Waals surface area contributed by atoms with Crippen LogP contribution in [0, 0.1) is 0 Å². The van der Waals surface area contributed by atoms with E-state index in [9.17, 15) is 0 Å². The maximum Gasteiger partial charge on any atom is 0.124 e. The van der Waals surface area contributed by atoms with E-state index in [0.29, 0.717) is 13.2 Å². The molecule has 0 bridgehead atoms. The van der Waals surface area contributed by atoms with Crippen molar-refractivity contribution in [1.82, 2.24) is 0 Å². The highest BCUT2D eigenvalue weighted by Crippen LogP contribution is 2.30. The molecule has 0 radical (unpaired) electrons. The van der Waals surface area contributed by atoms with E-state index in [4.69, 9.17) is 22.1 Å². The van der Waals surface area contributed by atoms with Crippen molar-refractivity contribution < 1.29 is 4.74 Å². The van der Waals surface area contributed by atoms with Gasteiger partial charge in [-0.05, 0) is 23.8 Å². The lowest BCUT2D eigenvalue weighted by molar-refractivity contribution is 0.331. The standard InChI is InChI=1S/C16H17ClN2O/c17-14-6-5-12(10-18)15(9-14)19-7-8-20-16-4-2-1-3-13(16)11-19/h1-6,9H,7-8,10-11,18H2. The second-order valence-electron chi connectivity index (χ2n) is 4.85. The van der Waals surface area contributed by atoms with E-state index in [1.807, 2.05) is 36.4 Å². The van der Waals surface area contributed by atoms with Crippen LogP contribution in [0.4, 0.5) is 5.69 Å². The van der Waals surface area contributed by atoms with Gasteiger partial charge in [0.25, 0.3) is 0 Å². The number of halogens is 1. The molecule has 3 rings (SSSR count). The van der Waals surface area contributed by atoms with Gasteiger partial charge in [0.2, 0.25) is 0 Å². The minimum absolute atomic E-state index is 0.505. The third kappa shape index (κ3) is 2.60. The van der Waals surface area contributed by atoms with Gasteiger partial charge in [-0.2, -0.15) is 0 Å². The first kappa shape index (κ1) is 13.3. The molecule has 0 spiro atoms. The molecule has 0 saturated heterocycles. The van der Waals surface area contributed by atoms with Crippen LogP contribution in [-0.4, -0.2) is 13.2 Å². The van der Waals surface area contributed by atoms with E-state index in [1.165, 1.54) is 5.56 Å². The lowest BCUT2D eigenvalue weighted by Crippen LogP contribution is -2.26. The number of anilines is 1. The monoisotopic (exact) mass is 288 g/mol. The van der Waals surface area contributed by atoms with Crippen molar-refractivity contribution in [3.63, 3.8) is 0 Å². The number of nitrogens with two attached hydrogens (primary N) is 1. The van der Waals surface area contributed by atoms with Gasteiger partial charge >= 0.3 is 0 Å². The van der Waals surface area contributed by atoms with Gasteiger partial charge in [-0.3, -0.25) is 0 Å². The number of nitrogens with zero attached hydrogens (tertiary/aromatic N) is 1. The minimum Gasteiger partial charge on any atom is -0.491 e. The Morgan fingerprint density at radius 2 is 2.05 bits per heavy atom. The zero-order valence-corrected chi connectivity index (χ0v) is 11.9. The van der Waals surface area contributed by atoms with E-state index >= 15 is 0 Å². The maximum absolute atomic E-state index is 6.14. The summed E-state index contributed by atoms with van der Waals surface area (Å²) in [6.45, 7) is 2.80. The second-order valence-corrected chi connectivity index (χ2v) is 5.29. The van der Waals surface area contributed by atoms with Gasteiger partial charge in [-0.15, -0.1) is 0 Å². The molecule has 1 aliphatic heterocycles. The second kappa shape index (κ2) is 5.73. The summed E-state index contributed by atoms with van der Waals surface area (Å²) in [5, 5.41) is 0.732. The predicted octanol–water partition coefficient (Wildman–Crippen LogP) is 3.20. The Morgan fingerprint density at radius 3 is 2.90 bits per heavy atom. The minimum atomic E-state index is 0.505. The molecule has 2 N–H and O–H groups in total. The Hall–Kier alpha value is -1.71. The summed E-state index contributed by atoms with van der Waals surface area (Å²) in [7, 11) is 0. The van der Waals surface area contributed by atoms with Gasteiger partial charge in [-0.1, -0.05) is 35.9 Å². The molecule has 0 aromatic heterocycles. The van der Waals surface area contributed by atoms with Gasteiger partial charge in [0.1, 0.15) is 12.4 Å². The van der Waals surface area contributed by atoms with Crippen LogP contribution < -0.4 is 15.4 Å². The molecule has 4 heteroatoms. The molecule has 0 atom stereocenters. The number of rotatable bonds is 2. The Balaban J connectivity index is 1.97. The van der Waals surface area contributed by atoms with E-state index in [0.717, 1.165) is 35.1 Å². The van der Waals surface area contributed by atoms with Crippen molar-refractivity contribution >= 4 is 17.3 Å². The normalized spacial score (nSPS) is 14.4. The van der Waals surface area contributed by atoms with Gasteiger partial charge < -0.3 is 15.4 Å². The first-order chi connectivity index (χ1) is 9.78. The zero-order valence-electron chi connectivity index (χ0n) is 11.2. The number of benzene rings is 2. The molecule has 0 amide bonds. The number of fused-ring (bicyclic) bond motifs is 1. The molecular formula is C16H17ClN2O. The number of para-hydroxylation sites is 1. The van der Waals surface area contributed by atoms with Crippen molar-refractivity contribution in [2.24, 2.45) is 5.73 Å². The fraction of sp³-hybridized carbons (Fsp3) is 0.250. The van der Waals surface area contributed by atoms with Gasteiger partial charge in [0.05, 0.1) is 6.54 Å². The highest BCUT2D eigenvalue weighted by atomic mass is 35.5. The molecule has 0 fully saturated rings. The SMILES string of the molecule is NCc1ccc(Cl)cc1N1CCOc2ccccc2C1. The van der Waals surface area contributed by atoms with Crippen LogP contribution in [0.25, 0.3) is 0 Å². The van der Waals surface area contributed by atoms with Crippen molar-refractivity contribution in [3.05, 3.63) is 58.6 Å². The van der Waals surface area contributed by atoms with Crippen molar-refractivity contribution in [2.45, 2.75) is 13.1 Å². The summed E-state index contributed by atoms with van der Waals surface area (Å²) in [6.07, 6.45) is 0. The summed E-state index contributed by atoms with van der Waals surface area (Å²) >= 11 is 6.14. The highest BCUT2D eigenvalue weighted by Gasteiger charge is 2.17. The molecule has 1 aliphatic rings. The van der Waals surface area contributed by atoms with Crippen LogP contribution in [0.1, 0.15) is 11.1 Å². The summed E-state index contributed by atoms with van der Waals surface area (Å²) in [5.41, 5.74) is 9.23. The summed E-state index contributed by atoms with van der Waals surface area (Å²) < 4.78 is 5.80. The van der Waals surface area contributed by atoms with Crippen LogP contribution in [0.3, 0.4) is 0 Å². The van der Waals surface area contributed by atoms with Crippen molar-refractivity contribution in [1.29, 1.82) is 0 Å². The third-order valence-electron chi connectivity index (χ3n) is 3.56. The predicted molar refractivity (Wildman–Crippen MR) is 82.3 cm³/mol. The first-order valence-electron chi connectivity index (χ1n) is 6.72. The maximum atomic E-state index is 6.14. The Morgan fingerprint density at radius 1 is 1.20 bits per heavy atom. The lowest BCUT2D eigenvalue weighted by atomic mass is 10.1. The lowest BCUT2D eigenvalue weighted by Gasteiger charge is -2.25. The Kier molecular flexibility index (Phi) is 3.81. The molecule has 2 aromatic rings. The number of ether oxygens (including phenoxy) is 1. The molecule has 0 aliphatic carbocycles. The largest absolute Gasteiger partial charge is 0.491 e. The third-order valence-corrected chi connectivity index (χ3v) is 3.80. The molecule has 2 aromatic carbocycles. The Labute approximate surface area is 123 Å². The molecule has 0 unspecified atom stereocenters. The van der Waals surface area contributed by atoms with E-state index in [1.54, 1.807) is 0 Å². The average molecular weight is 289 g/mol. The Bertz CT molecular complexity index is 615. The van der Waals surface area contributed by atoms with Crippen molar-refractivity contribution in [2.75, 3.05) is 18.1 Å². The number of hydrogen-bond donors (Lipinski definition) is 1.